The van der Waals surface area contributed by atoms with Crippen LogP contribution in [0.2, 0.25) is 0 Å². The van der Waals surface area contributed by atoms with Crippen LogP contribution in [0, 0.1) is 0 Å². The molecule has 1 N–H and O–H groups in total. The fourth-order valence-corrected chi connectivity index (χ4v) is 5.63. The third-order valence-corrected chi connectivity index (χ3v) is 7.13. The van der Waals surface area contributed by atoms with Gasteiger partial charge in [-0.1, -0.05) is 11.8 Å². The number of amides is 2. The summed E-state index contributed by atoms with van der Waals surface area (Å²) in [4.78, 5) is 36.9. The number of hydrogen-bond acceptors (Lipinski definition) is 11. The molecule has 0 spiro atoms. The average molecular weight is 470 g/mol. The Bertz CT molecular complexity index is 979. The van der Waals surface area contributed by atoms with Crippen molar-refractivity contribution in [3.8, 4) is 0 Å². The fourth-order valence-electron chi connectivity index (χ4n) is 2.73. The molecule has 3 rings (SSSR count). The first-order valence-electron chi connectivity index (χ1n) is 7.79. The fraction of sp³-hybridized carbons (Fsp3) is 0.538. The van der Waals surface area contributed by atoms with Crippen LogP contribution in [0.3, 0.4) is 0 Å². The summed E-state index contributed by atoms with van der Waals surface area (Å²) in [6, 6.07) is -0.981. The first-order chi connectivity index (χ1) is 13.1. The SMILES string of the molecule is Cn1nnnc1SCC1=C(C(=O)[O-])N2C(=O)[C@@H](NC(=O)CS(C)(=O)=O)[C@H]2SC1.[Na+]. The molecular weight excluding hydrogens is 455 g/mol. The molecule has 1 saturated heterocycles. The predicted octanol–water partition coefficient (Wildman–Crippen LogP) is -6.25. The number of carbonyl (C=O) groups is 3. The molecule has 0 aliphatic carbocycles. The number of carbonyl (C=O) groups excluding carboxylic acids is 3. The van der Waals surface area contributed by atoms with Crippen molar-refractivity contribution in [1.29, 1.82) is 0 Å². The Labute approximate surface area is 196 Å². The van der Waals surface area contributed by atoms with Gasteiger partial charge >= 0.3 is 29.6 Å². The van der Waals surface area contributed by atoms with Crippen molar-refractivity contribution in [2.45, 2.75) is 16.6 Å². The summed E-state index contributed by atoms with van der Waals surface area (Å²) in [5.74, 6) is -3.13. The van der Waals surface area contributed by atoms with E-state index in [0.29, 0.717) is 16.5 Å². The molecule has 12 nitrogen and oxygen atoms in total. The largest absolute Gasteiger partial charge is 1.00 e. The molecule has 1 aromatic rings. The number of carboxylic acids is 1. The molecule has 0 aromatic carbocycles. The van der Waals surface area contributed by atoms with Gasteiger partial charge in [0.2, 0.25) is 11.1 Å². The van der Waals surface area contributed by atoms with Crippen molar-refractivity contribution < 1.29 is 57.5 Å². The standard InChI is InChI=1S/C13H16N6O6S3.Na/c1-18-13(15-16-17-18)27-4-6-3-26-11-8(14-7(20)5-28(2,24)25)10(21)19(11)9(6)12(22)23;/h8,11H,3-5H2,1-2H3,(H,14,20)(H,22,23);/q;+1/p-1/t8-,11-;/m1./s1. The van der Waals surface area contributed by atoms with E-state index in [4.69, 9.17) is 0 Å². The minimum absolute atomic E-state index is 0. The van der Waals surface area contributed by atoms with Crippen molar-refractivity contribution in [2.24, 2.45) is 7.05 Å². The van der Waals surface area contributed by atoms with Crippen LogP contribution in [-0.4, -0.2) is 86.2 Å². The maximum absolute atomic E-state index is 12.4. The van der Waals surface area contributed by atoms with Gasteiger partial charge in [0.25, 0.3) is 5.91 Å². The summed E-state index contributed by atoms with van der Waals surface area (Å²) in [5, 5.41) is 24.8. The number of thioether (sulfide) groups is 2. The van der Waals surface area contributed by atoms with Crippen molar-refractivity contribution in [1.82, 2.24) is 30.4 Å². The van der Waals surface area contributed by atoms with Crippen LogP contribution in [0.15, 0.2) is 16.4 Å². The number of aliphatic carboxylic acids is 1. The molecule has 2 aliphatic heterocycles. The van der Waals surface area contributed by atoms with Gasteiger partial charge in [0.1, 0.15) is 17.2 Å². The van der Waals surface area contributed by atoms with Gasteiger partial charge in [-0.2, -0.15) is 0 Å². The van der Waals surface area contributed by atoms with E-state index >= 15 is 0 Å². The van der Waals surface area contributed by atoms with Gasteiger partial charge in [0.05, 0.1) is 11.7 Å². The predicted molar refractivity (Wildman–Crippen MR) is 96.3 cm³/mol. The second kappa shape index (κ2) is 9.34. The van der Waals surface area contributed by atoms with Crippen molar-refractivity contribution >= 4 is 51.1 Å². The van der Waals surface area contributed by atoms with E-state index in [-0.39, 0.29) is 41.0 Å². The Balaban J connectivity index is 0.00000300. The number of nitrogens with zero attached hydrogens (tertiary/aromatic N) is 5. The molecule has 16 heteroatoms. The molecule has 2 amide bonds. The molecule has 0 radical (unpaired) electrons. The maximum Gasteiger partial charge on any atom is 1.00 e. The van der Waals surface area contributed by atoms with Crippen LogP contribution >= 0.6 is 23.5 Å². The molecule has 152 valence electrons. The van der Waals surface area contributed by atoms with Crippen molar-refractivity contribution in [3.63, 3.8) is 0 Å². The van der Waals surface area contributed by atoms with E-state index in [2.05, 4.69) is 20.8 Å². The van der Waals surface area contributed by atoms with Gasteiger partial charge in [-0.3, -0.25) is 14.5 Å². The second-order valence-electron chi connectivity index (χ2n) is 6.14. The first kappa shape index (κ1) is 24.1. The van der Waals surface area contributed by atoms with Crippen molar-refractivity contribution in [3.05, 3.63) is 11.3 Å². The van der Waals surface area contributed by atoms with Gasteiger partial charge < -0.3 is 15.2 Å². The molecule has 0 bridgehead atoms. The van der Waals surface area contributed by atoms with E-state index in [1.807, 2.05) is 0 Å². The van der Waals surface area contributed by atoms with Crippen LogP contribution in [0.1, 0.15) is 0 Å². The number of rotatable bonds is 7. The monoisotopic (exact) mass is 470 g/mol. The van der Waals surface area contributed by atoms with E-state index in [0.717, 1.165) is 11.2 Å². The molecular formula is C13H15N6NaO6S3. The smallest absolute Gasteiger partial charge is 0.543 e. The normalized spacial score (nSPS) is 21.2. The van der Waals surface area contributed by atoms with Crippen LogP contribution in [-0.2, 0) is 31.3 Å². The summed E-state index contributed by atoms with van der Waals surface area (Å²) in [7, 11) is -1.90. The van der Waals surface area contributed by atoms with Crippen LogP contribution in [0.4, 0.5) is 0 Å². The van der Waals surface area contributed by atoms with Gasteiger partial charge in [0.15, 0.2) is 9.84 Å². The first-order valence-corrected chi connectivity index (χ1v) is 11.9. The van der Waals surface area contributed by atoms with Gasteiger partial charge in [-0.25, -0.2) is 13.1 Å². The minimum atomic E-state index is -3.54. The van der Waals surface area contributed by atoms with Crippen LogP contribution < -0.4 is 40.0 Å². The van der Waals surface area contributed by atoms with Gasteiger partial charge in [-0.05, 0) is 16.0 Å². The third kappa shape index (κ3) is 5.32. The number of aromatic nitrogens is 4. The number of tetrazole rings is 1. The van der Waals surface area contributed by atoms with E-state index in [9.17, 15) is 27.9 Å². The number of nitrogens with one attached hydrogen (secondary N) is 1. The quantitative estimate of drug-likeness (QED) is 0.229. The zero-order valence-corrected chi connectivity index (χ0v) is 20.1. The Morgan fingerprint density at radius 2 is 2.10 bits per heavy atom. The number of β-lactam (4-membered cyclic amide) rings is 1. The Kier molecular flexibility index (Phi) is 7.78. The Morgan fingerprint density at radius 1 is 1.41 bits per heavy atom. The van der Waals surface area contributed by atoms with Crippen LogP contribution in [0.5, 0.6) is 0 Å². The summed E-state index contributed by atoms with van der Waals surface area (Å²) >= 11 is 2.49. The summed E-state index contributed by atoms with van der Waals surface area (Å²) < 4.78 is 23.8. The molecule has 3 heterocycles. The molecule has 0 saturated carbocycles. The van der Waals surface area contributed by atoms with E-state index in [1.54, 1.807) is 7.05 Å². The van der Waals surface area contributed by atoms with Crippen LogP contribution in [0.25, 0.3) is 0 Å². The molecule has 1 aromatic heterocycles. The minimum Gasteiger partial charge on any atom is -0.543 e. The molecule has 1 fully saturated rings. The van der Waals surface area contributed by atoms with E-state index < -0.39 is 44.8 Å². The summed E-state index contributed by atoms with van der Waals surface area (Å²) in [5.41, 5.74) is 0.244. The number of carboxylic acid groups (broad SMARTS) is 1. The molecule has 29 heavy (non-hydrogen) atoms. The summed E-state index contributed by atoms with van der Waals surface area (Å²) in [6.45, 7) is 0. The zero-order valence-electron chi connectivity index (χ0n) is 15.7. The average Bonchev–Trinajstić information content (AvgIpc) is 3.00. The number of aryl methyl sites for hydroxylation is 1. The van der Waals surface area contributed by atoms with Crippen molar-refractivity contribution in [2.75, 3.05) is 23.5 Å². The number of fused-ring (bicyclic) bond motifs is 1. The van der Waals surface area contributed by atoms with Gasteiger partial charge in [0, 0.05) is 24.8 Å². The number of hydrogen-bond donors (Lipinski definition) is 1. The molecule has 2 atom stereocenters. The number of sulfone groups is 1. The molecule has 2 aliphatic rings. The maximum atomic E-state index is 12.4. The van der Waals surface area contributed by atoms with Gasteiger partial charge in [-0.15, -0.1) is 16.9 Å². The zero-order chi connectivity index (χ0) is 20.6. The summed E-state index contributed by atoms with van der Waals surface area (Å²) in [6.07, 6.45) is 0.907. The third-order valence-electron chi connectivity index (χ3n) is 3.91. The van der Waals surface area contributed by atoms with E-state index in [1.165, 1.54) is 28.2 Å². The topological polar surface area (TPSA) is 167 Å². The second-order valence-corrected chi connectivity index (χ2v) is 10.3. The Morgan fingerprint density at radius 3 is 2.66 bits per heavy atom. The molecule has 0 unspecified atom stereocenters. The Hall–Kier alpha value is -1.13.